The molecule has 0 aromatic heterocycles. The van der Waals surface area contributed by atoms with Crippen LogP contribution in [0.5, 0.6) is 11.5 Å². The molecular weight excluding hydrogens is 262 g/mol. The van der Waals surface area contributed by atoms with Crippen LogP contribution in [0.2, 0.25) is 5.02 Å². The molecule has 0 fully saturated rings. The zero-order valence-corrected chi connectivity index (χ0v) is 11.4. The van der Waals surface area contributed by atoms with Gasteiger partial charge < -0.3 is 15.2 Å². The van der Waals surface area contributed by atoms with E-state index in [1.165, 1.54) is 0 Å². The molecule has 0 aliphatic carbocycles. The largest absolute Gasteiger partial charge is 0.497 e. The summed E-state index contributed by atoms with van der Waals surface area (Å²) in [7, 11) is 1.64. The summed E-state index contributed by atoms with van der Waals surface area (Å²) in [5.74, 6) is 1.57. The Morgan fingerprint density at radius 1 is 1.00 bits per heavy atom. The molecule has 2 aromatic rings. The van der Waals surface area contributed by atoms with E-state index in [-0.39, 0.29) is 6.04 Å². The first kappa shape index (κ1) is 13.7. The van der Waals surface area contributed by atoms with E-state index in [1.807, 2.05) is 36.4 Å². The molecule has 0 spiro atoms. The number of benzene rings is 2. The van der Waals surface area contributed by atoms with E-state index in [2.05, 4.69) is 0 Å². The van der Waals surface area contributed by atoms with E-state index in [0.29, 0.717) is 11.6 Å². The van der Waals surface area contributed by atoms with Crippen LogP contribution in [0.4, 0.5) is 0 Å². The van der Waals surface area contributed by atoms with Crippen LogP contribution in [-0.4, -0.2) is 13.7 Å². The highest BCUT2D eigenvalue weighted by molar-refractivity contribution is 6.30. The Bertz CT molecular complexity index is 511. The number of hydrogen-bond acceptors (Lipinski definition) is 3. The van der Waals surface area contributed by atoms with Crippen molar-refractivity contribution in [3.05, 3.63) is 59.1 Å². The van der Waals surface area contributed by atoms with Crippen molar-refractivity contribution in [1.29, 1.82) is 0 Å². The van der Waals surface area contributed by atoms with Gasteiger partial charge in [0.2, 0.25) is 0 Å². The van der Waals surface area contributed by atoms with Gasteiger partial charge >= 0.3 is 0 Å². The predicted molar refractivity (Wildman–Crippen MR) is 76.9 cm³/mol. The van der Waals surface area contributed by atoms with Crippen molar-refractivity contribution in [2.75, 3.05) is 13.7 Å². The molecule has 3 nitrogen and oxygen atoms in total. The van der Waals surface area contributed by atoms with E-state index in [9.17, 15) is 0 Å². The molecule has 4 heteroatoms. The maximum absolute atomic E-state index is 6.07. The number of rotatable bonds is 5. The second-order valence-electron chi connectivity index (χ2n) is 4.14. The Hall–Kier alpha value is -1.71. The lowest BCUT2D eigenvalue weighted by Crippen LogP contribution is -2.18. The summed E-state index contributed by atoms with van der Waals surface area (Å²) in [4.78, 5) is 0. The maximum Gasteiger partial charge on any atom is 0.119 e. The minimum absolute atomic E-state index is 0.179. The van der Waals surface area contributed by atoms with Gasteiger partial charge in [0.05, 0.1) is 13.2 Å². The zero-order chi connectivity index (χ0) is 13.7. The predicted octanol–water partition coefficient (Wildman–Crippen LogP) is 3.43. The SMILES string of the molecule is COc1ccc(C(N)COc2ccc(Cl)cc2)cc1. The van der Waals surface area contributed by atoms with Gasteiger partial charge in [-0.15, -0.1) is 0 Å². The van der Waals surface area contributed by atoms with E-state index < -0.39 is 0 Å². The van der Waals surface area contributed by atoms with Crippen molar-refractivity contribution in [2.24, 2.45) is 5.73 Å². The van der Waals surface area contributed by atoms with Gasteiger partial charge in [-0.3, -0.25) is 0 Å². The lowest BCUT2D eigenvalue weighted by Gasteiger charge is -2.14. The van der Waals surface area contributed by atoms with Crippen LogP contribution in [0.3, 0.4) is 0 Å². The number of methoxy groups -OCH3 is 1. The smallest absolute Gasteiger partial charge is 0.119 e. The van der Waals surface area contributed by atoms with Gasteiger partial charge in [0.25, 0.3) is 0 Å². The average Bonchev–Trinajstić information content (AvgIpc) is 2.46. The molecule has 2 N–H and O–H groups in total. The molecule has 0 saturated heterocycles. The molecular formula is C15H16ClNO2. The summed E-state index contributed by atoms with van der Waals surface area (Å²) in [5.41, 5.74) is 7.08. The Morgan fingerprint density at radius 2 is 1.58 bits per heavy atom. The third-order valence-electron chi connectivity index (χ3n) is 2.79. The van der Waals surface area contributed by atoms with Gasteiger partial charge in [0, 0.05) is 5.02 Å². The molecule has 1 atom stereocenters. The normalized spacial score (nSPS) is 11.9. The van der Waals surface area contributed by atoms with Gasteiger partial charge in [-0.2, -0.15) is 0 Å². The molecule has 2 rings (SSSR count). The number of halogens is 1. The van der Waals surface area contributed by atoms with Crippen molar-refractivity contribution in [3.63, 3.8) is 0 Å². The van der Waals surface area contributed by atoms with Gasteiger partial charge in [-0.25, -0.2) is 0 Å². The van der Waals surface area contributed by atoms with E-state index in [4.69, 9.17) is 26.8 Å². The number of nitrogens with two attached hydrogens (primary N) is 1. The van der Waals surface area contributed by atoms with Crippen molar-refractivity contribution < 1.29 is 9.47 Å². The lowest BCUT2D eigenvalue weighted by atomic mass is 10.1. The fourth-order valence-electron chi connectivity index (χ4n) is 1.66. The van der Waals surface area contributed by atoms with E-state index in [0.717, 1.165) is 17.1 Å². The van der Waals surface area contributed by atoms with E-state index >= 15 is 0 Å². The first-order valence-electron chi connectivity index (χ1n) is 5.97. The summed E-state index contributed by atoms with van der Waals surface area (Å²) in [6, 6.07) is 14.7. The second kappa shape index (κ2) is 6.45. The molecule has 0 heterocycles. The van der Waals surface area contributed by atoms with Crippen LogP contribution in [0.1, 0.15) is 11.6 Å². The Morgan fingerprint density at radius 3 is 2.16 bits per heavy atom. The van der Waals surface area contributed by atoms with E-state index in [1.54, 1.807) is 19.2 Å². The maximum atomic E-state index is 6.07. The highest BCUT2D eigenvalue weighted by Gasteiger charge is 2.07. The highest BCUT2D eigenvalue weighted by atomic mass is 35.5. The van der Waals surface area contributed by atoms with Gasteiger partial charge in [0.1, 0.15) is 18.1 Å². The molecule has 0 amide bonds. The number of ether oxygens (including phenoxy) is 2. The minimum atomic E-state index is -0.179. The first-order chi connectivity index (χ1) is 9.19. The van der Waals surface area contributed by atoms with Gasteiger partial charge in [0.15, 0.2) is 0 Å². The van der Waals surface area contributed by atoms with Crippen LogP contribution >= 0.6 is 11.6 Å². The molecule has 1 unspecified atom stereocenters. The zero-order valence-electron chi connectivity index (χ0n) is 10.7. The van der Waals surface area contributed by atoms with Crippen LogP contribution in [-0.2, 0) is 0 Å². The minimum Gasteiger partial charge on any atom is -0.497 e. The molecule has 0 radical (unpaired) electrons. The lowest BCUT2D eigenvalue weighted by molar-refractivity contribution is 0.290. The summed E-state index contributed by atoms with van der Waals surface area (Å²) in [6.07, 6.45) is 0. The van der Waals surface area contributed by atoms with Gasteiger partial charge in [-0.1, -0.05) is 23.7 Å². The summed E-state index contributed by atoms with van der Waals surface area (Å²) in [6.45, 7) is 0.411. The quantitative estimate of drug-likeness (QED) is 0.911. The molecule has 0 saturated carbocycles. The molecule has 2 aromatic carbocycles. The fraction of sp³-hybridized carbons (Fsp3) is 0.200. The van der Waals surface area contributed by atoms with Crippen LogP contribution in [0, 0.1) is 0 Å². The number of hydrogen-bond donors (Lipinski definition) is 1. The topological polar surface area (TPSA) is 44.5 Å². The summed E-state index contributed by atoms with van der Waals surface area (Å²) < 4.78 is 10.7. The molecule has 100 valence electrons. The van der Waals surface area contributed by atoms with Gasteiger partial charge in [-0.05, 0) is 42.0 Å². The van der Waals surface area contributed by atoms with Crippen LogP contribution < -0.4 is 15.2 Å². The Labute approximate surface area is 117 Å². The Kier molecular flexibility index (Phi) is 4.66. The van der Waals surface area contributed by atoms with Crippen LogP contribution in [0.25, 0.3) is 0 Å². The second-order valence-corrected chi connectivity index (χ2v) is 4.58. The average molecular weight is 278 g/mol. The first-order valence-corrected chi connectivity index (χ1v) is 6.35. The third-order valence-corrected chi connectivity index (χ3v) is 3.04. The fourth-order valence-corrected chi connectivity index (χ4v) is 1.79. The molecule has 0 bridgehead atoms. The third kappa shape index (κ3) is 3.88. The van der Waals surface area contributed by atoms with Crippen molar-refractivity contribution in [1.82, 2.24) is 0 Å². The standard InChI is InChI=1S/C15H16ClNO2/c1-18-13-6-2-11(3-7-13)15(17)10-19-14-8-4-12(16)5-9-14/h2-9,15H,10,17H2,1H3. The molecule has 0 aliphatic heterocycles. The molecule has 0 aliphatic rings. The highest BCUT2D eigenvalue weighted by Crippen LogP contribution is 2.19. The Balaban J connectivity index is 1.93. The summed E-state index contributed by atoms with van der Waals surface area (Å²) in [5, 5.41) is 0.687. The van der Waals surface area contributed by atoms with Crippen LogP contribution in [0.15, 0.2) is 48.5 Å². The molecule has 19 heavy (non-hydrogen) atoms. The van der Waals surface area contributed by atoms with Crippen molar-refractivity contribution in [2.45, 2.75) is 6.04 Å². The van der Waals surface area contributed by atoms with Crippen molar-refractivity contribution >= 4 is 11.6 Å². The monoisotopic (exact) mass is 277 g/mol. The summed E-state index contributed by atoms with van der Waals surface area (Å²) >= 11 is 5.81. The van der Waals surface area contributed by atoms with Crippen molar-refractivity contribution in [3.8, 4) is 11.5 Å².